The average Bonchev–Trinajstić information content (AvgIpc) is 2.35. The average molecular weight is 288 g/mol. The Morgan fingerprint density at radius 1 is 1.42 bits per heavy atom. The molecule has 0 saturated carbocycles. The third kappa shape index (κ3) is 4.61. The highest BCUT2D eigenvalue weighted by molar-refractivity contribution is 6.32. The van der Waals surface area contributed by atoms with Crippen LogP contribution in [0.1, 0.15) is 12.5 Å². The van der Waals surface area contributed by atoms with Gasteiger partial charge in [-0.15, -0.1) is 0 Å². The number of ether oxygens (including phenoxy) is 3. The molecular formula is C13H18ClNO4. The van der Waals surface area contributed by atoms with Gasteiger partial charge in [-0.2, -0.15) is 0 Å². The Morgan fingerprint density at radius 2 is 2.11 bits per heavy atom. The van der Waals surface area contributed by atoms with Crippen molar-refractivity contribution in [3.8, 4) is 11.5 Å². The minimum Gasteiger partial charge on any atom is -0.493 e. The summed E-state index contributed by atoms with van der Waals surface area (Å²) in [5, 5.41) is 0.374. The Bertz CT molecular complexity index is 449. The Balaban J connectivity index is 2.94. The van der Waals surface area contributed by atoms with Gasteiger partial charge in [-0.05, 0) is 31.0 Å². The molecule has 2 N–H and O–H groups in total. The van der Waals surface area contributed by atoms with Crippen LogP contribution in [-0.2, 0) is 16.0 Å². The predicted molar refractivity (Wildman–Crippen MR) is 72.9 cm³/mol. The Labute approximate surface area is 117 Å². The number of carbonyl (C=O) groups excluding carboxylic acids is 1. The van der Waals surface area contributed by atoms with E-state index in [0.29, 0.717) is 22.9 Å². The van der Waals surface area contributed by atoms with Crippen molar-refractivity contribution in [3.63, 3.8) is 0 Å². The molecule has 0 aliphatic carbocycles. The zero-order valence-electron chi connectivity index (χ0n) is 11.2. The van der Waals surface area contributed by atoms with Crippen LogP contribution in [0.5, 0.6) is 11.5 Å². The summed E-state index contributed by atoms with van der Waals surface area (Å²) in [5.41, 5.74) is 6.69. The normalized spacial score (nSPS) is 11.8. The van der Waals surface area contributed by atoms with E-state index in [0.717, 1.165) is 5.56 Å². The summed E-state index contributed by atoms with van der Waals surface area (Å²) in [6.07, 6.45) is 0.674. The molecule has 0 saturated heterocycles. The lowest BCUT2D eigenvalue weighted by Gasteiger charge is -2.14. The van der Waals surface area contributed by atoms with Gasteiger partial charge in [0.15, 0.2) is 18.1 Å². The summed E-state index contributed by atoms with van der Waals surface area (Å²) in [6, 6.07) is 3.56. The highest BCUT2D eigenvalue weighted by Gasteiger charge is 2.14. The number of methoxy groups -OCH3 is 2. The van der Waals surface area contributed by atoms with Gasteiger partial charge in [0.25, 0.3) is 0 Å². The first-order valence-corrected chi connectivity index (χ1v) is 6.17. The second-order valence-electron chi connectivity index (χ2n) is 4.16. The van der Waals surface area contributed by atoms with E-state index < -0.39 is 5.97 Å². The Hall–Kier alpha value is -1.46. The largest absolute Gasteiger partial charge is 0.493 e. The molecule has 0 aliphatic rings. The van der Waals surface area contributed by atoms with Crippen LogP contribution >= 0.6 is 11.6 Å². The van der Waals surface area contributed by atoms with Crippen molar-refractivity contribution in [3.05, 3.63) is 22.7 Å². The van der Waals surface area contributed by atoms with E-state index in [1.165, 1.54) is 14.2 Å². The standard InChI is InChI=1S/C13H18ClNO4/c1-8(15)4-9-5-10(14)13(11(6-9)17-2)19-7-12(16)18-3/h5-6,8H,4,7,15H2,1-3H3. The number of benzene rings is 1. The van der Waals surface area contributed by atoms with Crippen LogP contribution in [0, 0.1) is 0 Å². The molecule has 0 bridgehead atoms. The van der Waals surface area contributed by atoms with Crippen LogP contribution in [0.25, 0.3) is 0 Å². The topological polar surface area (TPSA) is 70.8 Å². The molecule has 0 aliphatic heterocycles. The molecule has 0 aromatic heterocycles. The summed E-state index contributed by atoms with van der Waals surface area (Å²) in [5.74, 6) is 0.299. The van der Waals surface area contributed by atoms with E-state index in [-0.39, 0.29) is 12.6 Å². The van der Waals surface area contributed by atoms with Crippen molar-refractivity contribution in [2.75, 3.05) is 20.8 Å². The first-order valence-electron chi connectivity index (χ1n) is 5.79. The summed E-state index contributed by atoms with van der Waals surface area (Å²) < 4.78 is 15.0. The molecular weight excluding hydrogens is 270 g/mol. The van der Waals surface area contributed by atoms with E-state index >= 15 is 0 Å². The van der Waals surface area contributed by atoms with Gasteiger partial charge in [0.05, 0.1) is 19.2 Å². The molecule has 1 atom stereocenters. The van der Waals surface area contributed by atoms with Gasteiger partial charge in [-0.3, -0.25) is 0 Å². The lowest BCUT2D eigenvalue weighted by atomic mass is 10.1. The molecule has 1 unspecified atom stereocenters. The van der Waals surface area contributed by atoms with Crippen molar-refractivity contribution in [2.24, 2.45) is 5.73 Å². The van der Waals surface area contributed by atoms with Gasteiger partial charge >= 0.3 is 5.97 Å². The van der Waals surface area contributed by atoms with Crippen LogP contribution in [0.2, 0.25) is 5.02 Å². The molecule has 0 amide bonds. The maximum Gasteiger partial charge on any atom is 0.343 e. The van der Waals surface area contributed by atoms with Crippen molar-refractivity contribution in [1.29, 1.82) is 0 Å². The van der Waals surface area contributed by atoms with Crippen LogP contribution in [0.15, 0.2) is 12.1 Å². The fourth-order valence-corrected chi connectivity index (χ4v) is 1.88. The van der Waals surface area contributed by atoms with E-state index in [1.54, 1.807) is 12.1 Å². The fraction of sp³-hybridized carbons (Fsp3) is 0.462. The quantitative estimate of drug-likeness (QED) is 0.808. The molecule has 0 radical (unpaired) electrons. The third-order valence-corrected chi connectivity index (χ3v) is 2.69. The van der Waals surface area contributed by atoms with Crippen LogP contribution in [0.4, 0.5) is 0 Å². The molecule has 106 valence electrons. The smallest absolute Gasteiger partial charge is 0.343 e. The minimum atomic E-state index is -0.488. The summed E-state index contributed by atoms with van der Waals surface area (Å²) in [7, 11) is 2.79. The number of hydrogen-bond donors (Lipinski definition) is 1. The predicted octanol–water partition coefficient (Wildman–Crippen LogP) is 1.79. The number of esters is 1. The number of rotatable bonds is 6. The lowest BCUT2D eigenvalue weighted by Crippen LogP contribution is -2.18. The Kier molecular flexibility index (Phi) is 5.92. The summed E-state index contributed by atoms with van der Waals surface area (Å²) >= 11 is 6.13. The molecule has 6 heteroatoms. The van der Waals surface area contributed by atoms with Crippen LogP contribution in [-0.4, -0.2) is 32.8 Å². The zero-order valence-corrected chi connectivity index (χ0v) is 12.0. The second-order valence-corrected chi connectivity index (χ2v) is 4.56. The first kappa shape index (κ1) is 15.6. The Morgan fingerprint density at radius 3 is 2.63 bits per heavy atom. The van der Waals surface area contributed by atoms with Crippen molar-refractivity contribution in [2.45, 2.75) is 19.4 Å². The van der Waals surface area contributed by atoms with Gasteiger partial charge in [0, 0.05) is 6.04 Å². The lowest BCUT2D eigenvalue weighted by molar-refractivity contribution is -0.142. The maximum atomic E-state index is 11.1. The van der Waals surface area contributed by atoms with Crippen molar-refractivity contribution >= 4 is 17.6 Å². The second kappa shape index (κ2) is 7.21. The highest BCUT2D eigenvalue weighted by atomic mass is 35.5. The van der Waals surface area contributed by atoms with Crippen LogP contribution in [0.3, 0.4) is 0 Å². The number of carbonyl (C=O) groups is 1. The molecule has 19 heavy (non-hydrogen) atoms. The van der Waals surface area contributed by atoms with E-state index in [1.807, 2.05) is 6.92 Å². The van der Waals surface area contributed by atoms with Crippen molar-refractivity contribution < 1.29 is 19.0 Å². The van der Waals surface area contributed by atoms with Crippen LogP contribution < -0.4 is 15.2 Å². The third-order valence-electron chi connectivity index (χ3n) is 2.41. The molecule has 5 nitrogen and oxygen atoms in total. The monoisotopic (exact) mass is 287 g/mol. The number of nitrogens with two attached hydrogens (primary N) is 1. The zero-order chi connectivity index (χ0) is 14.4. The van der Waals surface area contributed by atoms with E-state index in [4.69, 9.17) is 26.8 Å². The van der Waals surface area contributed by atoms with Crippen molar-refractivity contribution in [1.82, 2.24) is 0 Å². The van der Waals surface area contributed by atoms with Gasteiger partial charge in [-0.25, -0.2) is 4.79 Å². The summed E-state index contributed by atoms with van der Waals surface area (Å²) in [6.45, 7) is 1.68. The van der Waals surface area contributed by atoms with E-state index in [9.17, 15) is 4.79 Å². The summed E-state index contributed by atoms with van der Waals surface area (Å²) in [4.78, 5) is 11.1. The molecule has 0 fully saturated rings. The molecule has 0 spiro atoms. The highest BCUT2D eigenvalue weighted by Crippen LogP contribution is 2.36. The van der Waals surface area contributed by atoms with Gasteiger partial charge in [-0.1, -0.05) is 11.6 Å². The molecule has 1 rings (SSSR count). The SMILES string of the molecule is COC(=O)COc1c(Cl)cc(CC(C)N)cc1OC. The fourth-order valence-electron chi connectivity index (χ4n) is 1.59. The molecule has 0 heterocycles. The first-order chi connectivity index (χ1) is 8.97. The molecule has 1 aromatic rings. The maximum absolute atomic E-state index is 11.1. The van der Waals surface area contributed by atoms with Gasteiger partial charge in [0.2, 0.25) is 0 Å². The van der Waals surface area contributed by atoms with Gasteiger partial charge < -0.3 is 19.9 Å². The number of hydrogen-bond acceptors (Lipinski definition) is 5. The van der Waals surface area contributed by atoms with Gasteiger partial charge in [0.1, 0.15) is 0 Å². The van der Waals surface area contributed by atoms with E-state index in [2.05, 4.69) is 4.74 Å². The number of halogens is 1. The molecule has 1 aromatic carbocycles. The minimum absolute atomic E-state index is 0.0163.